The lowest BCUT2D eigenvalue weighted by Gasteiger charge is -2.08. The van der Waals surface area contributed by atoms with Gasteiger partial charge < -0.3 is 5.32 Å². The second-order valence-electron chi connectivity index (χ2n) is 4.62. The molecular weight excluding hydrogens is 334 g/mol. The zero-order valence-electron chi connectivity index (χ0n) is 11.9. The van der Waals surface area contributed by atoms with Crippen LogP contribution in [0.2, 0.25) is 0 Å². The van der Waals surface area contributed by atoms with Crippen molar-refractivity contribution < 1.29 is 0 Å². The Balaban J connectivity index is 2.20. The molecule has 0 saturated carbocycles. The number of halogens is 1. The largest absolute Gasteiger partial charge is 0.354 e. The van der Waals surface area contributed by atoms with Crippen molar-refractivity contribution in [1.29, 1.82) is 0 Å². The van der Waals surface area contributed by atoms with E-state index in [1.807, 2.05) is 0 Å². The Morgan fingerprint density at radius 3 is 2.75 bits per heavy atom. The number of nitrogens with zero attached hydrogens (tertiary/aromatic N) is 2. The van der Waals surface area contributed by atoms with E-state index in [-0.39, 0.29) is 0 Å². The van der Waals surface area contributed by atoms with Gasteiger partial charge in [-0.1, -0.05) is 24.8 Å². The highest BCUT2D eigenvalue weighted by Gasteiger charge is 2.07. The second kappa shape index (κ2) is 7.09. The lowest BCUT2D eigenvalue weighted by Crippen LogP contribution is -2.04. The fourth-order valence-electron chi connectivity index (χ4n) is 1.63. The smallest absolute Gasteiger partial charge is 0.223 e. The van der Waals surface area contributed by atoms with Crippen molar-refractivity contribution in [3.63, 3.8) is 0 Å². The summed E-state index contributed by atoms with van der Waals surface area (Å²) in [6.07, 6.45) is 2.85. The summed E-state index contributed by atoms with van der Waals surface area (Å²) in [4.78, 5) is 10.0. The molecule has 0 aliphatic carbocycles. The van der Waals surface area contributed by atoms with E-state index in [2.05, 4.69) is 70.2 Å². The Bertz CT molecular complexity index is 602. The molecule has 2 rings (SSSR count). The maximum absolute atomic E-state index is 4.55. The van der Waals surface area contributed by atoms with E-state index in [0.29, 0.717) is 5.95 Å². The van der Waals surface area contributed by atoms with Gasteiger partial charge in [0.2, 0.25) is 5.95 Å². The molecule has 20 heavy (non-hydrogen) atoms. The van der Waals surface area contributed by atoms with Crippen LogP contribution >= 0.6 is 27.7 Å². The number of aryl methyl sites for hydroxylation is 2. The van der Waals surface area contributed by atoms with E-state index in [1.165, 1.54) is 16.0 Å². The lowest BCUT2D eigenvalue weighted by atomic mass is 10.1. The number of nitrogens with one attached hydrogen (secondary N) is 1. The van der Waals surface area contributed by atoms with Crippen LogP contribution < -0.4 is 5.32 Å². The molecule has 0 saturated heterocycles. The molecule has 1 heterocycles. The third-order valence-electron chi connectivity index (χ3n) is 2.94. The first-order chi connectivity index (χ1) is 9.60. The number of aromatic nitrogens is 2. The van der Waals surface area contributed by atoms with Crippen molar-refractivity contribution >= 4 is 33.6 Å². The van der Waals surface area contributed by atoms with E-state index in [9.17, 15) is 0 Å². The van der Waals surface area contributed by atoms with Crippen molar-refractivity contribution in [3.05, 3.63) is 40.0 Å². The SMILES string of the molecule is CCCNc1ncc(Br)c(Sc2ccc(C)c(C)c2)n1. The van der Waals surface area contributed by atoms with Gasteiger partial charge >= 0.3 is 0 Å². The van der Waals surface area contributed by atoms with Crippen LogP contribution in [0.15, 0.2) is 38.8 Å². The van der Waals surface area contributed by atoms with Gasteiger partial charge in [0.15, 0.2) is 0 Å². The Kier molecular flexibility index (Phi) is 5.43. The minimum atomic E-state index is 0.682. The summed E-state index contributed by atoms with van der Waals surface area (Å²) in [5.41, 5.74) is 2.60. The van der Waals surface area contributed by atoms with Crippen molar-refractivity contribution in [1.82, 2.24) is 9.97 Å². The number of hydrogen-bond acceptors (Lipinski definition) is 4. The lowest BCUT2D eigenvalue weighted by molar-refractivity contribution is 0.930. The first-order valence-electron chi connectivity index (χ1n) is 6.61. The normalized spacial score (nSPS) is 10.6. The Morgan fingerprint density at radius 2 is 2.05 bits per heavy atom. The molecule has 1 aromatic carbocycles. The topological polar surface area (TPSA) is 37.8 Å². The third-order valence-corrected chi connectivity index (χ3v) is 4.77. The molecule has 0 aliphatic heterocycles. The highest BCUT2D eigenvalue weighted by Crippen LogP contribution is 2.32. The summed E-state index contributed by atoms with van der Waals surface area (Å²) in [6.45, 7) is 7.26. The van der Waals surface area contributed by atoms with Crippen LogP contribution in [-0.4, -0.2) is 16.5 Å². The van der Waals surface area contributed by atoms with Crippen molar-refractivity contribution in [2.24, 2.45) is 0 Å². The molecule has 5 heteroatoms. The Labute approximate surface area is 132 Å². The fourth-order valence-corrected chi connectivity index (χ4v) is 2.95. The molecule has 106 valence electrons. The van der Waals surface area contributed by atoms with Gasteiger partial charge in [-0.3, -0.25) is 0 Å². The van der Waals surface area contributed by atoms with Gasteiger partial charge in [-0.15, -0.1) is 0 Å². The maximum atomic E-state index is 4.55. The summed E-state index contributed by atoms with van der Waals surface area (Å²) in [5, 5.41) is 4.14. The van der Waals surface area contributed by atoms with E-state index in [4.69, 9.17) is 0 Å². The third kappa shape index (κ3) is 3.96. The van der Waals surface area contributed by atoms with Crippen LogP contribution in [0.4, 0.5) is 5.95 Å². The minimum absolute atomic E-state index is 0.682. The summed E-state index contributed by atoms with van der Waals surface area (Å²) in [7, 11) is 0. The number of rotatable bonds is 5. The van der Waals surface area contributed by atoms with E-state index >= 15 is 0 Å². The van der Waals surface area contributed by atoms with Crippen LogP contribution in [0.25, 0.3) is 0 Å². The molecular formula is C15H18BrN3S. The molecule has 0 fully saturated rings. The molecule has 2 aromatic rings. The number of hydrogen-bond donors (Lipinski definition) is 1. The predicted octanol–water partition coefficient (Wildman–Crippen LogP) is 4.83. The number of anilines is 1. The molecule has 0 aliphatic rings. The monoisotopic (exact) mass is 351 g/mol. The molecule has 0 bridgehead atoms. The Morgan fingerprint density at radius 1 is 1.25 bits per heavy atom. The quantitative estimate of drug-likeness (QED) is 0.783. The average Bonchev–Trinajstić information content (AvgIpc) is 2.44. The van der Waals surface area contributed by atoms with Gasteiger partial charge in [0.25, 0.3) is 0 Å². The van der Waals surface area contributed by atoms with Crippen LogP contribution in [0.5, 0.6) is 0 Å². The van der Waals surface area contributed by atoms with E-state index in [1.54, 1.807) is 18.0 Å². The molecule has 1 N–H and O–H groups in total. The Hall–Kier alpha value is -1.07. The van der Waals surface area contributed by atoms with Crippen LogP contribution in [-0.2, 0) is 0 Å². The van der Waals surface area contributed by atoms with Gasteiger partial charge in [0.1, 0.15) is 5.03 Å². The van der Waals surface area contributed by atoms with Crippen molar-refractivity contribution in [3.8, 4) is 0 Å². The minimum Gasteiger partial charge on any atom is -0.354 e. The first-order valence-corrected chi connectivity index (χ1v) is 8.22. The standard InChI is InChI=1S/C15H18BrN3S/c1-4-7-17-15-18-9-13(16)14(19-15)20-12-6-5-10(2)11(3)8-12/h5-6,8-9H,4,7H2,1-3H3,(H,17,18,19). The van der Waals surface area contributed by atoms with Gasteiger partial charge in [-0.25, -0.2) is 9.97 Å². The van der Waals surface area contributed by atoms with E-state index in [0.717, 1.165) is 22.5 Å². The molecule has 3 nitrogen and oxygen atoms in total. The highest BCUT2D eigenvalue weighted by molar-refractivity contribution is 9.10. The molecule has 0 spiro atoms. The zero-order valence-corrected chi connectivity index (χ0v) is 14.3. The number of benzene rings is 1. The summed E-state index contributed by atoms with van der Waals surface area (Å²) in [6, 6.07) is 6.46. The maximum Gasteiger partial charge on any atom is 0.223 e. The predicted molar refractivity (Wildman–Crippen MR) is 88.6 cm³/mol. The average molecular weight is 352 g/mol. The first kappa shape index (κ1) is 15.3. The summed E-state index contributed by atoms with van der Waals surface area (Å²) >= 11 is 5.16. The molecule has 1 aromatic heterocycles. The molecule has 0 unspecified atom stereocenters. The van der Waals surface area contributed by atoms with E-state index < -0.39 is 0 Å². The molecule has 0 radical (unpaired) electrons. The zero-order chi connectivity index (χ0) is 14.5. The second-order valence-corrected chi connectivity index (χ2v) is 6.54. The van der Waals surface area contributed by atoms with Crippen LogP contribution in [0.3, 0.4) is 0 Å². The van der Waals surface area contributed by atoms with Gasteiger partial charge in [-0.2, -0.15) is 0 Å². The molecule has 0 amide bonds. The van der Waals surface area contributed by atoms with Crippen molar-refractivity contribution in [2.75, 3.05) is 11.9 Å². The van der Waals surface area contributed by atoms with Crippen LogP contribution in [0.1, 0.15) is 24.5 Å². The fraction of sp³-hybridized carbons (Fsp3) is 0.333. The summed E-state index contributed by atoms with van der Waals surface area (Å²) in [5.74, 6) is 0.682. The van der Waals surface area contributed by atoms with Crippen molar-refractivity contribution in [2.45, 2.75) is 37.1 Å². The van der Waals surface area contributed by atoms with Gasteiger partial charge in [-0.05, 0) is 59.5 Å². The summed E-state index contributed by atoms with van der Waals surface area (Å²) < 4.78 is 0.919. The van der Waals surface area contributed by atoms with Crippen LogP contribution in [0, 0.1) is 13.8 Å². The molecule has 0 atom stereocenters. The highest BCUT2D eigenvalue weighted by atomic mass is 79.9. The van der Waals surface area contributed by atoms with Gasteiger partial charge in [0.05, 0.1) is 4.47 Å². The van der Waals surface area contributed by atoms with Gasteiger partial charge in [0, 0.05) is 17.6 Å².